The Kier molecular flexibility index (Phi) is 4.77. The smallest absolute Gasteiger partial charge is 0.194 e. The highest BCUT2D eigenvalue weighted by Gasteiger charge is 2.20. The van der Waals surface area contributed by atoms with Crippen LogP contribution in [-0.2, 0) is 0 Å². The molecule has 1 aromatic heterocycles. The Hall–Kier alpha value is -1.40. The van der Waals surface area contributed by atoms with Gasteiger partial charge in [-0.25, -0.2) is 18.2 Å². The molecule has 0 aliphatic heterocycles. The first-order chi connectivity index (χ1) is 9.52. The third kappa shape index (κ3) is 3.19. The van der Waals surface area contributed by atoms with Crippen LogP contribution in [0.2, 0.25) is 0 Å². The van der Waals surface area contributed by atoms with Gasteiger partial charge in [0.05, 0.1) is 6.04 Å². The highest BCUT2D eigenvalue weighted by Crippen LogP contribution is 2.27. The molecule has 20 heavy (non-hydrogen) atoms. The number of benzene rings is 1. The Morgan fingerprint density at radius 1 is 1.25 bits per heavy atom. The SMILES string of the molecule is CCCNC(c1cc(F)c(F)c(F)c1)c1nc(C)cs1. The fourth-order valence-corrected chi connectivity index (χ4v) is 2.78. The van der Waals surface area contributed by atoms with E-state index in [4.69, 9.17) is 0 Å². The molecule has 0 saturated heterocycles. The molecule has 0 radical (unpaired) electrons. The van der Waals surface area contributed by atoms with Crippen molar-refractivity contribution in [3.05, 3.63) is 51.2 Å². The molecule has 1 atom stereocenters. The minimum atomic E-state index is -1.45. The minimum absolute atomic E-state index is 0.337. The van der Waals surface area contributed by atoms with E-state index in [9.17, 15) is 13.2 Å². The van der Waals surface area contributed by atoms with Crippen LogP contribution < -0.4 is 5.32 Å². The van der Waals surface area contributed by atoms with E-state index in [1.54, 1.807) is 0 Å². The molecular formula is C14H15F3N2S. The summed E-state index contributed by atoms with van der Waals surface area (Å²) in [7, 11) is 0. The fraction of sp³-hybridized carbons (Fsp3) is 0.357. The average molecular weight is 300 g/mol. The van der Waals surface area contributed by atoms with Crippen molar-refractivity contribution in [3.8, 4) is 0 Å². The van der Waals surface area contributed by atoms with Crippen LogP contribution in [0.3, 0.4) is 0 Å². The summed E-state index contributed by atoms with van der Waals surface area (Å²) in [4.78, 5) is 4.34. The van der Waals surface area contributed by atoms with Crippen molar-refractivity contribution in [2.75, 3.05) is 6.54 Å². The van der Waals surface area contributed by atoms with Gasteiger partial charge in [-0.2, -0.15) is 0 Å². The summed E-state index contributed by atoms with van der Waals surface area (Å²) in [6.45, 7) is 4.51. The second-order valence-corrected chi connectivity index (χ2v) is 5.40. The van der Waals surface area contributed by atoms with Gasteiger partial charge in [0.2, 0.25) is 0 Å². The topological polar surface area (TPSA) is 24.9 Å². The molecule has 1 unspecified atom stereocenters. The van der Waals surface area contributed by atoms with Crippen LogP contribution >= 0.6 is 11.3 Å². The summed E-state index contributed by atoms with van der Waals surface area (Å²) in [6.07, 6.45) is 0.868. The first kappa shape index (κ1) is 15.0. The van der Waals surface area contributed by atoms with Crippen LogP contribution in [0.25, 0.3) is 0 Å². The first-order valence-corrected chi connectivity index (χ1v) is 7.20. The predicted molar refractivity (Wildman–Crippen MR) is 73.3 cm³/mol. The van der Waals surface area contributed by atoms with Gasteiger partial charge in [-0.1, -0.05) is 6.92 Å². The highest BCUT2D eigenvalue weighted by molar-refractivity contribution is 7.09. The van der Waals surface area contributed by atoms with Crippen LogP contribution in [-0.4, -0.2) is 11.5 Å². The standard InChI is InChI=1S/C14H15F3N2S/c1-3-4-18-13(14-19-8(2)7-20-14)9-5-10(15)12(17)11(16)6-9/h5-7,13,18H,3-4H2,1-2H3. The maximum absolute atomic E-state index is 13.4. The molecule has 1 N–H and O–H groups in total. The highest BCUT2D eigenvalue weighted by atomic mass is 32.1. The Morgan fingerprint density at radius 3 is 2.40 bits per heavy atom. The van der Waals surface area contributed by atoms with Crippen molar-refractivity contribution in [1.82, 2.24) is 10.3 Å². The van der Waals surface area contributed by atoms with E-state index in [0.717, 1.165) is 24.2 Å². The summed E-state index contributed by atoms with van der Waals surface area (Å²) >= 11 is 1.41. The summed E-state index contributed by atoms with van der Waals surface area (Å²) in [5.41, 5.74) is 1.18. The van der Waals surface area contributed by atoms with Crippen LogP contribution in [0, 0.1) is 24.4 Å². The molecule has 0 saturated carbocycles. The maximum atomic E-state index is 13.4. The summed E-state index contributed by atoms with van der Waals surface area (Å²) in [5, 5.41) is 5.76. The van der Waals surface area contributed by atoms with Crippen molar-refractivity contribution in [1.29, 1.82) is 0 Å². The summed E-state index contributed by atoms with van der Waals surface area (Å²) in [6, 6.07) is 1.60. The Morgan fingerprint density at radius 2 is 1.90 bits per heavy atom. The van der Waals surface area contributed by atoms with E-state index in [-0.39, 0.29) is 0 Å². The van der Waals surface area contributed by atoms with E-state index < -0.39 is 23.5 Å². The van der Waals surface area contributed by atoms with Crippen LogP contribution in [0.4, 0.5) is 13.2 Å². The lowest BCUT2D eigenvalue weighted by molar-refractivity contribution is 0.442. The molecule has 0 fully saturated rings. The van der Waals surface area contributed by atoms with Gasteiger partial charge < -0.3 is 5.32 Å². The fourth-order valence-electron chi connectivity index (χ4n) is 1.88. The maximum Gasteiger partial charge on any atom is 0.194 e. The largest absolute Gasteiger partial charge is 0.304 e. The predicted octanol–water partition coefficient (Wildman–Crippen LogP) is 3.96. The molecule has 0 spiro atoms. The Labute approximate surface area is 119 Å². The van der Waals surface area contributed by atoms with E-state index in [1.807, 2.05) is 19.2 Å². The number of rotatable bonds is 5. The van der Waals surface area contributed by atoms with Gasteiger partial charge in [0.15, 0.2) is 17.5 Å². The third-order valence-electron chi connectivity index (χ3n) is 2.82. The normalized spacial score (nSPS) is 12.7. The van der Waals surface area contributed by atoms with Crippen molar-refractivity contribution in [2.24, 2.45) is 0 Å². The summed E-state index contributed by atoms with van der Waals surface area (Å²) < 4.78 is 39.8. The van der Waals surface area contributed by atoms with Crippen LogP contribution in [0.15, 0.2) is 17.5 Å². The van der Waals surface area contributed by atoms with Gasteiger partial charge >= 0.3 is 0 Å². The van der Waals surface area contributed by atoms with E-state index in [0.29, 0.717) is 17.1 Å². The number of halogens is 3. The van der Waals surface area contributed by atoms with E-state index >= 15 is 0 Å². The number of aromatic nitrogens is 1. The van der Waals surface area contributed by atoms with Gasteiger partial charge in [-0.15, -0.1) is 11.3 Å². The number of nitrogens with zero attached hydrogens (tertiary/aromatic N) is 1. The first-order valence-electron chi connectivity index (χ1n) is 6.32. The third-order valence-corrected chi connectivity index (χ3v) is 3.85. The number of nitrogens with one attached hydrogen (secondary N) is 1. The molecule has 0 aliphatic rings. The second kappa shape index (κ2) is 6.37. The zero-order chi connectivity index (χ0) is 14.7. The lowest BCUT2D eigenvalue weighted by Gasteiger charge is -2.17. The van der Waals surface area contributed by atoms with Gasteiger partial charge in [0.1, 0.15) is 5.01 Å². The van der Waals surface area contributed by atoms with Gasteiger partial charge in [-0.05, 0) is 37.6 Å². The number of thiazole rings is 1. The minimum Gasteiger partial charge on any atom is -0.304 e. The second-order valence-electron chi connectivity index (χ2n) is 4.51. The lowest BCUT2D eigenvalue weighted by Crippen LogP contribution is -2.23. The molecule has 0 amide bonds. The molecule has 2 rings (SSSR count). The van der Waals surface area contributed by atoms with Crippen molar-refractivity contribution < 1.29 is 13.2 Å². The van der Waals surface area contributed by atoms with Crippen LogP contribution in [0.1, 0.15) is 35.7 Å². The quantitative estimate of drug-likeness (QED) is 0.846. The number of hydrogen-bond acceptors (Lipinski definition) is 3. The molecule has 2 aromatic rings. The van der Waals surface area contributed by atoms with E-state index in [1.165, 1.54) is 11.3 Å². The zero-order valence-corrected chi connectivity index (χ0v) is 12.0. The zero-order valence-electron chi connectivity index (χ0n) is 11.2. The molecule has 0 aliphatic carbocycles. The van der Waals surface area contributed by atoms with Crippen molar-refractivity contribution in [3.63, 3.8) is 0 Å². The summed E-state index contributed by atoms with van der Waals surface area (Å²) in [5.74, 6) is -3.81. The molecule has 108 valence electrons. The molecule has 2 nitrogen and oxygen atoms in total. The lowest BCUT2D eigenvalue weighted by atomic mass is 10.1. The molecule has 6 heteroatoms. The van der Waals surface area contributed by atoms with Crippen molar-refractivity contribution >= 4 is 11.3 Å². The number of aryl methyl sites for hydroxylation is 1. The molecular weight excluding hydrogens is 285 g/mol. The Balaban J connectivity index is 2.40. The Bertz CT molecular complexity index is 575. The molecule has 1 aromatic carbocycles. The van der Waals surface area contributed by atoms with Gasteiger partial charge in [0, 0.05) is 11.1 Å². The van der Waals surface area contributed by atoms with E-state index in [2.05, 4.69) is 10.3 Å². The average Bonchev–Trinajstić information content (AvgIpc) is 2.83. The van der Waals surface area contributed by atoms with Gasteiger partial charge in [-0.3, -0.25) is 0 Å². The van der Waals surface area contributed by atoms with Crippen LogP contribution in [0.5, 0.6) is 0 Å². The van der Waals surface area contributed by atoms with Crippen molar-refractivity contribution in [2.45, 2.75) is 26.3 Å². The van der Waals surface area contributed by atoms with Gasteiger partial charge in [0.25, 0.3) is 0 Å². The monoisotopic (exact) mass is 300 g/mol. The molecule has 0 bridgehead atoms. The number of hydrogen-bond donors (Lipinski definition) is 1. The molecule has 1 heterocycles.